The number of rotatable bonds is 8. The predicted octanol–water partition coefficient (Wildman–Crippen LogP) is 3.59. The first-order valence-electron chi connectivity index (χ1n) is 6.86. The zero-order valence-electron chi connectivity index (χ0n) is 11.2. The number of benzene rings is 1. The minimum absolute atomic E-state index is 0.735. The maximum atomic E-state index is 5.86. The van der Waals surface area contributed by atoms with E-state index in [1.54, 1.807) is 0 Å². The lowest BCUT2D eigenvalue weighted by molar-refractivity contribution is 0.308. The Labute approximate surface area is 110 Å². The van der Waals surface area contributed by atoms with Crippen molar-refractivity contribution in [1.29, 1.82) is 0 Å². The van der Waals surface area contributed by atoms with Crippen molar-refractivity contribution in [2.75, 3.05) is 6.61 Å². The van der Waals surface area contributed by atoms with Crippen LogP contribution in [0.5, 0.6) is 5.75 Å². The lowest BCUT2D eigenvalue weighted by atomic mass is 10.1. The topological polar surface area (TPSA) is 21.3 Å². The molecule has 1 aliphatic rings. The van der Waals surface area contributed by atoms with Crippen LogP contribution in [0.3, 0.4) is 0 Å². The minimum Gasteiger partial charge on any atom is -0.493 e. The standard InChI is InChI=1S/C16H23NO/c1-3-4-5-10-18-16-9-6-13(2)11-14(16)12-17-15-7-8-15/h3,6,9,11,15,17H,1,4-5,7-8,10,12H2,2H3. The Morgan fingerprint density at radius 3 is 3.00 bits per heavy atom. The molecule has 0 aliphatic heterocycles. The number of hydrogen-bond donors (Lipinski definition) is 1. The highest BCUT2D eigenvalue weighted by molar-refractivity contribution is 5.37. The molecule has 1 aliphatic carbocycles. The Kier molecular flexibility index (Phi) is 4.82. The average molecular weight is 245 g/mol. The number of aryl methyl sites for hydroxylation is 1. The third-order valence-electron chi connectivity index (χ3n) is 3.18. The molecule has 0 atom stereocenters. The molecule has 0 radical (unpaired) electrons. The SMILES string of the molecule is C=CCCCOc1ccc(C)cc1CNC1CC1. The first kappa shape index (κ1) is 13.2. The summed E-state index contributed by atoms with van der Waals surface area (Å²) < 4.78 is 5.86. The van der Waals surface area contributed by atoms with E-state index >= 15 is 0 Å². The van der Waals surface area contributed by atoms with Crippen molar-refractivity contribution in [3.05, 3.63) is 42.0 Å². The van der Waals surface area contributed by atoms with Crippen molar-refractivity contribution in [2.45, 2.75) is 45.2 Å². The Morgan fingerprint density at radius 1 is 1.44 bits per heavy atom. The van der Waals surface area contributed by atoms with Crippen molar-refractivity contribution >= 4 is 0 Å². The van der Waals surface area contributed by atoms with Gasteiger partial charge < -0.3 is 10.1 Å². The van der Waals surface area contributed by atoms with Crippen molar-refractivity contribution in [3.63, 3.8) is 0 Å². The minimum atomic E-state index is 0.735. The van der Waals surface area contributed by atoms with Crippen LogP contribution in [-0.4, -0.2) is 12.6 Å². The molecule has 1 aromatic rings. The lowest BCUT2D eigenvalue weighted by Crippen LogP contribution is -2.16. The van der Waals surface area contributed by atoms with Crippen LogP contribution in [-0.2, 0) is 6.54 Å². The van der Waals surface area contributed by atoms with Gasteiger partial charge in [0.1, 0.15) is 5.75 Å². The first-order valence-corrected chi connectivity index (χ1v) is 6.86. The summed E-state index contributed by atoms with van der Waals surface area (Å²) >= 11 is 0. The smallest absolute Gasteiger partial charge is 0.123 e. The zero-order chi connectivity index (χ0) is 12.8. The van der Waals surface area contributed by atoms with Crippen molar-refractivity contribution < 1.29 is 4.74 Å². The summed E-state index contributed by atoms with van der Waals surface area (Å²) in [4.78, 5) is 0. The summed E-state index contributed by atoms with van der Waals surface area (Å²) in [7, 11) is 0. The number of nitrogens with one attached hydrogen (secondary N) is 1. The van der Waals surface area contributed by atoms with Crippen LogP contribution < -0.4 is 10.1 Å². The van der Waals surface area contributed by atoms with E-state index in [0.717, 1.165) is 37.8 Å². The van der Waals surface area contributed by atoms with Crippen LogP contribution in [0, 0.1) is 6.92 Å². The summed E-state index contributed by atoms with van der Waals surface area (Å²) in [6, 6.07) is 7.16. The maximum Gasteiger partial charge on any atom is 0.123 e. The van der Waals surface area contributed by atoms with E-state index in [1.807, 2.05) is 6.08 Å². The first-order chi connectivity index (χ1) is 8.79. The number of allylic oxidation sites excluding steroid dienone is 1. The van der Waals surface area contributed by atoms with Crippen LogP contribution in [0.1, 0.15) is 36.8 Å². The van der Waals surface area contributed by atoms with Crippen LogP contribution in [0.25, 0.3) is 0 Å². The Bertz CT molecular complexity index is 396. The molecule has 0 amide bonds. The molecule has 2 nitrogen and oxygen atoms in total. The molecule has 0 aromatic heterocycles. The van der Waals surface area contributed by atoms with Gasteiger partial charge in [-0.05, 0) is 38.7 Å². The Hall–Kier alpha value is -1.28. The van der Waals surface area contributed by atoms with E-state index in [9.17, 15) is 0 Å². The highest BCUT2D eigenvalue weighted by Crippen LogP contribution is 2.23. The second kappa shape index (κ2) is 6.60. The Balaban J connectivity index is 1.90. The van der Waals surface area contributed by atoms with Gasteiger partial charge >= 0.3 is 0 Å². The fourth-order valence-electron chi connectivity index (χ4n) is 1.94. The van der Waals surface area contributed by atoms with E-state index in [-0.39, 0.29) is 0 Å². The normalized spacial score (nSPS) is 14.5. The third-order valence-corrected chi connectivity index (χ3v) is 3.18. The van der Waals surface area contributed by atoms with E-state index in [4.69, 9.17) is 4.74 Å². The largest absolute Gasteiger partial charge is 0.493 e. The molecule has 1 aromatic carbocycles. The van der Waals surface area contributed by atoms with Crippen LogP contribution in [0.4, 0.5) is 0 Å². The molecule has 98 valence electrons. The molecule has 0 heterocycles. The molecular formula is C16H23NO. The second-order valence-electron chi connectivity index (χ2n) is 5.05. The lowest BCUT2D eigenvalue weighted by Gasteiger charge is -2.12. The van der Waals surface area contributed by atoms with Gasteiger partial charge in [0.05, 0.1) is 6.61 Å². The van der Waals surface area contributed by atoms with Crippen LogP contribution >= 0.6 is 0 Å². The van der Waals surface area contributed by atoms with Gasteiger partial charge in [0.25, 0.3) is 0 Å². The summed E-state index contributed by atoms with van der Waals surface area (Å²) in [6.45, 7) is 7.54. The fourth-order valence-corrected chi connectivity index (χ4v) is 1.94. The van der Waals surface area contributed by atoms with Crippen LogP contribution in [0.2, 0.25) is 0 Å². The van der Waals surface area contributed by atoms with Crippen molar-refractivity contribution in [1.82, 2.24) is 5.32 Å². The van der Waals surface area contributed by atoms with E-state index < -0.39 is 0 Å². The summed E-state index contributed by atoms with van der Waals surface area (Å²) in [5.41, 5.74) is 2.57. The van der Waals surface area contributed by atoms with Gasteiger partial charge in [0.15, 0.2) is 0 Å². The van der Waals surface area contributed by atoms with Gasteiger partial charge in [0.2, 0.25) is 0 Å². The molecule has 0 spiro atoms. The van der Waals surface area contributed by atoms with Gasteiger partial charge in [-0.1, -0.05) is 23.8 Å². The Morgan fingerprint density at radius 2 is 2.28 bits per heavy atom. The quantitative estimate of drug-likeness (QED) is 0.558. The molecule has 2 rings (SSSR count). The number of unbranched alkanes of at least 4 members (excludes halogenated alkanes) is 1. The van der Waals surface area contributed by atoms with Gasteiger partial charge in [-0.2, -0.15) is 0 Å². The maximum absolute atomic E-state index is 5.86. The van der Waals surface area contributed by atoms with Crippen molar-refractivity contribution in [2.24, 2.45) is 0 Å². The number of ether oxygens (including phenoxy) is 1. The van der Waals surface area contributed by atoms with Gasteiger partial charge in [-0.15, -0.1) is 6.58 Å². The monoisotopic (exact) mass is 245 g/mol. The summed E-state index contributed by atoms with van der Waals surface area (Å²) in [6.07, 6.45) is 6.63. The zero-order valence-corrected chi connectivity index (χ0v) is 11.2. The third kappa shape index (κ3) is 4.19. The van der Waals surface area contributed by atoms with Gasteiger partial charge in [0, 0.05) is 18.2 Å². The van der Waals surface area contributed by atoms with Gasteiger partial charge in [-0.3, -0.25) is 0 Å². The second-order valence-corrected chi connectivity index (χ2v) is 5.05. The van der Waals surface area contributed by atoms with Crippen LogP contribution in [0.15, 0.2) is 30.9 Å². The highest BCUT2D eigenvalue weighted by Gasteiger charge is 2.20. The molecule has 1 saturated carbocycles. The van der Waals surface area contributed by atoms with E-state index in [1.165, 1.54) is 24.0 Å². The summed E-state index contributed by atoms with van der Waals surface area (Å²) in [5.74, 6) is 1.03. The highest BCUT2D eigenvalue weighted by atomic mass is 16.5. The van der Waals surface area contributed by atoms with E-state index in [2.05, 4.69) is 37.0 Å². The molecular weight excluding hydrogens is 222 g/mol. The molecule has 0 unspecified atom stereocenters. The van der Waals surface area contributed by atoms with Gasteiger partial charge in [-0.25, -0.2) is 0 Å². The molecule has 1 N–H and O–H groups in total. The summed E-state index contributed by atoms with van der Waals surface area (Å²) in [5, 5.41) is 3.55. The van der Waals surface area contributed by atoms with E-state index in [0.29, 0.717) is 0 Å². The fraction of sp³-hybridized carbons (Fsp3) is 0.500. The molecule has 18 heavy (non-hydrogen) atoms. The molecule has 1 fully saturated rings. The van der Waals surface area contributed by atoms with Crippen molar-refractivity contribution in [3.8, 4) is 5.75 Å². The molecule has 2 heteroatoms. The number of hydrogen-bond acceptors (Lipinski definition) is 2. The average Bonchev–Trinajstić information content (AvgIpc) is 3.18. The molecule has 0 bridgehead atoms. The molecule has 0 saturated heterocycles. The predicted molar refractivity (Wildman–Crippen MR) is 76.0 cm³/mol.